The number of halogens is 3. The highest BCUT2D eigenvalue weighted by Gasteiger charge is 2.53. The topological polar surface area (TPSA) is 35.5 Å². The normalized spacial score (nSPS) is 13.7. The predicted molar refractivity (Wildman–Crippen MR) is 108 cm³/mol. The number of fused-ring (bicyclic) bond motifs is 1. The molecule has 3 aromatic rings. The third-order valence-electron chi connectivity index (χ3n) is 4.49. The van der Waals surface area contributed by atoms with Crippen LogP contribution in [0.4, 0.5) is 13.2 Å². The van der Waals surface area contributed by atoms with Crippen LogP contribution in [-0.2, 0) is 9.53 Å². The third-order valence-corrected chi connectivity index (χ3v) is 5.64. The molecule has 3 rings (SSSR count). The van der Waals surface area contributed by atoms with Gasteiger partial charge in [-0.3, -0.25) is 0 Å². The van der Waals surface area contributed by atoms with Crippen molar-refractivity contribution in [2.75, 3.05) is 13.2 Å². The molecule has 29 heavy (non-hydrogen) atoms. The number of benzene rings is 2. The summed E-state index contributed by atoms with van der Waals surface area (Å²) in [5.74, 6) is -0.585. The van der Waals surface area contributed by atoms with Crippen molar-refractivity contribution in [2.24, 2.45) is 5.41 Å². The molecule has 0 radical (unpaired) electrons. The first-order valence-corrected chi connectivity index (χ1v) is 9.61. The maximum Gasteiger partial charge on any atom is 0.400 e. The van der Waals surface area contributed by atoms with E-state index >= 15 is 0 Å². The van der Waals surface area contributed by atoms with Crippen LogP contribution in [0.15, 0.2) is 67.3 Å². The molecule has 0 N–H and O–H groups in total. The highest BCUT2D eigenvalue weighted by atomic mass is 32.1. The third kappa shape index (κ3) is 4.79. The van der Waals surface area contributed by atoms with Crippen LogP contribution in [0.3, 0.4) is 0 Å². The first-order valence-electron chi connectivity index (χ1n) is 8.80. The second kappa shape index (κ2) is 8.29. The van der Waals surface area contributed by atoms with Crippen molar-refractivity contribution in [3.8, 4) is 16.2 Å². The summed E-state index contributed by atoms with van der Waals surface area (Å²) in [6.45, 7) is 2.62. The lowest BCUT2D eigenvalue weighted by atomic mass is 9.92. The molecule has 3 nitrogen and oxygen atoms in total. The standard InChI is InChI=1S/C22H19F3O3S/c1-3-20(26)28-14-21(2,22(23,24)25)13-27-17-10-9-16-11-18(29-19(16)12-17)15-7-5-4-6-8-15/h3-12H,1,13-14H2,2H3. The molecule has 7 heteroatoms. The van der Waals surface area contributed by atoms with E-state index in [9.17, 15) is 18.0 Å². The molecule has 0 saturated heterocycles. The Bertz CT molecular complexity index is 1010. The van der Waals surface area contributed by atoms with E-state index < -0.39 is 30.8 Å². The van der Waals surface area contributed by atoms with Crippen LogP contribution in [0.25, 0.3) is 20.5 Å². The minimum atomic E-state index is -4.61. The Morgan fingerprint density at radius 2 is 1.83 bits per heavy atom. The molecule has 0 spiro atoms. The van der Waals surface area contributed by atoms with E-state index in [1.807, 2.05) is 42.5 Å². The minimum Gasteiger partial charge on any atom is -0.492 e. The molecule has 1 heterocycles. The van der Waals surface area contributed by atoms with E-state index in [-0.39, 0.29) is 0 Å². The molecule has 0 aliphatic rings. The van der Waals surface area contributed by atoms with Gasteiger partial charge < -0.3 is 9.47 Å². The summed E-state index contributed by atoms with van der Waals surface area (Å²) in [6, 6.07) is 17.0. The largest absolute Gasteiger partial charge is 0.492 e. The van der Waals surface area contributed by atoms with Gasteiger partial charge in [0.2, 0.25) is 0 Å². The number of ether oxygens (including phenoxy) is 2. The summed E-state index contributed by atoms with van der Waals surface area (Å²) in [5, 5.41) is 0.986. The first-order chi connectivity index (χ1) is 13.7. The summed E-state index contributed by atoms with van der Waals surface area (Å²) >= 11 is 1.54. The van der Waals surface area contributed by atoms with E-state index in [1.165, 1.54) is 11.3 Å². The zero-order valence-corrected chi connectivity index (χ0v) is 16.5. The van der Waals surface area contributed by atoms with Crippen molar-refractivity contribution in [2.45, 2.75) is 13.1 Å². The Balaban J connectivity index is 1.77. The van der Waals surface area contributed by atoms with Gasteiger partial charge in [-0.25, -0.2) is 4.79 Å². The van der Waals surface area contributed by atoms with Crippen LogP contribution in [0.2, 0.25) is 0 Å². The first kappa shape index (κ1) is 20.9. The number of carbonyl (C=O) groups is 1. The lowest BCUT2D eigenvalue weighted by Crippen LogP contribution is -2.44. The van der Waals surface area contributed by atoms with Gasteiger partial charge in [-0.15, -0.1) is 11.3 Å². The fourth-order valence-electron chi connectivity index (χ4n) is 2.58. The molecule has 2 aromatic carbocycles. The zero-order chi connectivity index (χ0) is 21.1. The van der Waals surface area contributed by atoms with Gasteiger partial charge in [0.15, 0.2) is 0 Å². The number of carbonyl (C=O) groups excluding carboxylic acids is 1. The fraction of sp³-hybridized carbons (Fsp3) is 0.227. The summed E-state index contributed by atoms with van der Waals surface area (Å²) in [7, 11) is 0. The van der Waals surface area contributed by atoms with E-state index in [0.717, 1.165) is 33.5 Å². The average Bonchev–Trinajstić information content (AvgIpc) is 3.13. The molecule has 0 saturated carbocycles. The number of hydrogen-bond acceptors (Lipinski definition) is 4. The van der Waals surface area contributed by atoms with Crippen LogP contribution >= 0.6 is 11.3 Å². The maximum atomic E-state index is 13.5. The second-order valence-electron chi connectivity index (χ2n) is 6.84. The molecular weight excluding hydrogens is 401 g/mol. The lowest BCUT2D eigenvalue weighted by molar-refractivity contribution is -0.240. The van der Waals surface area contributed by atoms with Gasteiger partial charge in [0, 0.05) is 15.7 Å². The van der Waals surface area contributed by atoms with Crippen molar-refractivity contribution in [1.29, 1.82) is 0 Å². The fourth-order valence-corrected chi connectivity index (χ4v) is 3.68. The summed E-state index contributed by atoms with van der Waals surface area (Å²) in [4.78, 5) is 12.2. The van der Waals surface area contributed by atoms with Crippen molar-refractivity contribution >= 4 is 27.4 Å². The number of hydrogen-bond donors (Lipinski definition) is 0. The molecule has 0 bridgehead atoms. The molecule has 0 fully saturated rings. The van der Waals surface area contributed by atoms with Crippen molar-refractivity contribution in [1.82, 2.24) is 0 Å². The molecular formula is C22H19F3O3S. The van der Waals surface area contributed by atoms with Gasteiger partial charge in [-0.05, 0) is 42.1 Å². The number of rotatable bonds is 7. The van der Waals surface area contributed by atoms with Gasteiger partial charge in [-0.1, -0.05) is 36.9 Å². The van der Waals surface area contributed by atoms with Crippen LogP contribution in [0, 0.1) is 5.41 Å². The Hall–Kier alpha value is -2.80. The van der Waals surface area contributed by atoms with Crippen molar-refractivity contribution in [3.05, 3.63) is 67.3 Å². The predicted octanol–water partition coefficient (Wildman–Crippen LogP) is 6.24. The monoisotopic (exact) mass is 420 g/mol. The zero-order valence-electron chi connectivity index (χ0n) is 15.7. The van der Waals surface area contributed by atoms with Gasteiger partial charge >= 0.3 is 12.1 Å². The Morgan fingerprint density at radius 1 is 1.10 bits per heavy atom. The smallest absolute Gasteiger partial charge is 0.400 e. The van der Waals surface area contributed by atoms with Gasteiger partial charge in [0.05, 0.1) is 0 Å². The van der Waals surface area contributed by atoms with E-state index in [1.54, 1.807) is 12.1 Å². The van der Waals surface area contributed by atoms with Crippen molar-refractivity contribution < 1.29 is 27.4 Å². The molecule has 0 aliphatic heterocycles. The van der Waals surface area contributed by atoms with Gasteiger partial charge in [-0.2, -0.15) is 13.2 Å². The Labute approximate surface area is 170 Å². The molecule has 1 aromatic heterocycles. The SMILES string of the molecule is C=CC(=O)OCC(C)(COc1ccc2cc(-c3ccccc3)sc2c1)C(F)(F)F. The van der Waals surface area contributed by atoms with Crippen LogP contribution in [-0.4, -0.2) is 25.4 Å². The summed E-state index contributed by atoms with van der Waals surface area (Å²) < 4.78 is 51.5. The van der Waals surface area contributed by atoms with Crippen molar-refractivity contribution in [3.63, 3.8) is 0 Å². The molecule has 1 unspecified atom stereocenters. The molecule has 0 aliphatic carbocycles. The Morgan fingerprint density at radius 3 is 2.48 bits per heavy atom. The highest BCUT2D eigenvalue weighted by Crippen LogP contribution is 2.40. The van der Waals surface area contributed by atoms with E-state index in [0.29, 0.717) is 5.75 Å². The number of thiophene rings is 1. The van der Waals surface area contributed by atoms with Crippen LogP contribution < -0.4 is 4.74 Å². The van der Waals surface area contributed by atoms with Crippen LogP contribution in [0.5, 0.6) is 5.75 Å². The quantitative estimate of drug-likeness (QED) is 0.335. The lowest BCUT2D eigenvalue weighted by Gasteiger charge is -2.31. The summed E-state index contributed by atoms with van der Waals surface area (Å²) in [5.41, 5.74) is -1.27. The van der Waals surface area contributed by atoms with E-state index in [2.05, 4.69) is 11.3 Å². The number of alkyl halides is 3. The average molecular weight is 420 g/mol. The highest BCUT2D eigenvalue weighted by molar-refractivity contribution is 7.22. The molecule has 0 amide bonds. The maximum absolute atomic E-state index is 13.5. The van der Waals surface area contributed by atoms with Crippen LogP contribution in [0.1, 0.15) is 6.92 Å². The second-order valence-corrected chi connectivity index (χ2v) is 7.92. The molecule has 1 atom stereocenters. The van der Waals surface area contributed by atoms with Gasteiger partial charge in [0.1, 0.15) is 24.4 Å². The van der Waals surface area contributed by atoms with Gasteiger partial charge in [0.25, 0.3) is 0 Å². The minimum absolute atomic E-state index is 0.324. The number of esters is 1. The molecule has 152 valence electrons. The van der Waals surface area contributed by atoms with E-state index in [4.69, 9.17) is 4.74 Å². The summed E-state index contributed by atoms with van der Waals surface area (Å²) in [6.07, 6.45) is -3.78. The Kier molecular flexibility index (Phi) is 5.98.